The summed E-state index contributed by atoms with van der Waals surface area (Å²) in [6.45, 7) is 3.97. The van der Waals surface area contributed by atoms with Gasteiger partial charge in [0.25, 0.3) is 0 Å². The summed E-state index contributed by atoms with van der Waals surface area (Å²) >= 11 is 0. The summed E-state index contributed by atoms with van der Waals surface area (Å²) < 4.78 is 51.9. The normalized spacial score (nSPS) is 14.4. The summed E-state index contributed by atoms with van der Waals surface area (Å²) in [5.74, 6) is -1.25. The van der Waals surface area contributed by atoms with Crippen LogP contribution in [-0.2, 0) is 16.2 Å². The fourth-order valence-corrected chi connectivity index (χ4v) is 4.22. The molecule has 0 fully saturated rings. The third-order valence-corrected chi connectivity index (χ3v) is 6.02. The van der Waals surface area contributed by atoms with Crippen LogP contribution >= 0.6 is 0 Å². The number of aromatic nitrogens is 1. The zero-order valence-electron chi connectivity index (χ0n) is 21.7. The van der Waals surface area contributed by atoms with E-state index in [0.29, 0.717) is 29.2 Å². The first-order valence-electron chi connectivity index (χ1n) is 12.6. The van der Waals surface area contributed by atoms with E-state index in [9.17, 15) is 18.0 Å². The van der Waals surface area contributed by atoms with Crippen molar-refractivity contribution in [1.82, 2.24) is 4.98 Å². The number of ether oxygens (including phenoxy) is 2. The number of pyridine rings is 1. The Morgan fingerprint density at radius 3 is 2.35 bits per heavy atom. The number of hydroxylamine groups is 1. The smallest absolute Gasteiger partial charge is 0.490 e. The number of alkyl halides is 3. The second kappa shape index (κ2) is 11.2. The van der Waals surface area contributed by atoms with Crippen LogP contribution in [0.3, 0.4) is 0 Å². The molecule has 0 spiro atoms. The van der Waals surface area contributed by atoms with E-state index < -0.39 is 18.3 Å². The molecule has 1 N–H and O–H groups in total. The van der Waals surface area contributed by atoms with Gasteiger partial charge in [0.2, 0.25) is 0 Å². The van der Waals surface area contributed by atoms with E-state index in [0.717, 1.165) is 16.2 Å². The fraction of sp³-hybridized carbons (Fsp3) is 0.200. The summed E-state index contributed by atoms with van der Waals surface area (Å²) in [7, 11) is 0. The van der Waals surface area contributed by atoms with Crippen LogP contribution in [-0.4, -0.2) is 23.2 Å². The van der Waals surface area contributed by atoms with Crippen LogP contribution < -0.4 is 19.9 Å². The lowest BCUT2D eigenvalue weighted by Gasteiger charge is -2.27. The van der Waals surface area contributed by atoms with Gasteiger partial charge in [-0.3, -0.25) is 0 Å². The number of anilines is 2. The third kappa shape index (κ3) is 5.96. The van der Waals surface area contributed by atoms with Gasteiger partial charge in [-0.15, -0.1) is 0 Å². The van der Waals surface area contributed by atoms with Gasteiger partial charge in [-0.05, 0) is 43.2 Å². The molecule has 0 aliphatic carbocycles. The molecule has 10 heteroatoms. The van der Waals surface area contributed by atoms with Gasteiger partial charge in [-0.2, -0.15) is 18.2 Å². The highest BCUT2D eigenvalue weighted by atomic mass is 19.4. The molecule has 0 radical (unpaired) electrons. The summed E-state index contributed by atoms with van der Waals surface area (Å²) in [5.41, 5.74) is 3.00. The molecule has 7 nitrogen and oxygen atoms in total. The van der Waals surface area contributed by atoms with Crippen molar-refractivity contribution < 1.29 is 32.3 Å². The van der Waals surface area contributed by atoms with E-state index in [1.165, 1.54) is 0 Å². The number of hydrogen-bond donors (Lipinski definition) is 1. The molecular weight excluding hydrogens is 523 g/mol. The van der Waals surface area contributed by atoms with E-state index in [2.05, 4.69) is 10.3 Å². The van der Waals surface area contributed by atoms with Gasteiger partial charge < -0.3 is 19.6 Å². The molecule has 4 aromatic rings. The molecule has 206 valence electrons. The van der Waals surface area contributed by atoms with E-state index in [4.69, 9.17) is 14.3 Å². The zero-order chi connectivity index (χ0) is 28.3. The highest BCUT2D eigenvalue weighted by Crippen LogP contribution is 2.45. The predicted octanol–water partition coefficient (Wildman–Crippen LogP) is 7.07. The first kappa shape index (κ1) is 26.9. The first-order valence-corrected chi connectivity index (χ1v) is 12.6. The minimum absolute atomic E-state index is 0.170. The van der Waals surface area contributed by atoms with Crippen LogP contribution in [0, 0.1) is 0 Å². The zero-order valence-corrected chi connectivity index (χ0v) is 21.7. The van der Waals surface area contributed by atoms with Crippen molar-refractivity contribution in [2.24, 2.45) is 0 Å². The number of carbonyl (C=O) groups is 1. The number of halogens is 3. The maximum atomic E-state index is 13.3. The van der Waals surface area contributed by atoms with Crippen molar-refractivity contribution in [2.75, 3.05) is 10.4 Å². The third-order valence-electron chi connectivity index (χ3n) is 6.02. The number of nitrogens with one attached hydrogen (secondary N) is 1. The average molecular weight is 550 g/mol. The van der Waals surface area contributed by atoms with E-state index in [1.54, 1.807) is 30.5 Å². The lowest BCUT2D eigenvalue weighted by atomic mass is 10.1. The summed E-state index contributed by atoms with van der Waals surface area (Å²) in [6.07, 6.45) is -4.93. The molecule has 1 aliphatic heterocycles. The molecule has 40 heavy (non-hydrogen) atoms. The van der Waals surface area contributed by atoms with E-state index in [1.807, 2.05) is 74.5 Å². The summed E-state index contributed by atoms with van der Waals surface area (Å²) in [5, 5.41) is 3.96. The molecule has 0 saturated carbocycles. The average Bonchev–Trinajstić information content (AvgIpc) is 3.29. The summed E-state index contributed by atoms with van der Waals surface area (Å²) in [4.78, 5) is 21.4. The molecule has 1 unspecified atom stereocenters. The van der Waals surface area contributed by atoms with Crippen molar-refractivity contribution in [3.8, 4) is 22.6 Å². The number of rotatable bonds is 8. The van der Waals surface area contributed by atoms with Crippen LogP contribution in [0.15, 0.2) is 91.1 Å². The molecule has 2 heterocycles. The lowest BCUT2D eigenvalue weighted by molar-refractivity contribution is -0.201. The van der Waals surface area contributed by atoms with E-state index in [-0.39, 0.29) is 17.6 Å². The highest BCUT2D eigenvalue weighted by molar-refractivity contribution is 5.82. The minimum Gasteiger partial charge on any atom is -0.490 e. The second-order valence-electron chi connectivity index (χ2n) is 9.35. The molecular formula is C30H26F3N3O4. The van der Waals surface area contributed by atoms with Gasteiger partial charge in [-0.1, -0.05) is 60.7 Å². The minimum atomic E-state index is -5.20. The highest BCUT2D eigenvalue weighted by Gasteiger charge is 2.46. The molecule has 0 saturated heterocycles. The van der Waals surface area contributed by atoms with E-state index >= 15 is 0 Å². The number of benzene rings is 3. The Morgan fingerprint density at radius 1 is 0.975 bits per heavy atom. The monoisotopic (exact) mass is 549 g/mol. The standard InChI is InChI=1S/C30H26F3N3O4/c1-19(2)39-26-16-23(38-18-20-9-5-3-6-10-20)13-14-24(26)28-35-27-25(36(28)40-29(37)30(31,32)33)15-22(17-34-27)21-11-7-4-8-12-21/h3-17,19,28H,18H2,1-2H3,(H,34,35). The number of hydrogen-bond acceptors (Lipinski definition) is 7. The lowest BCUT2D eigenvalue weighted by Crippen LogP contribution is -2.37. The Morgan fingerprint density at radius 2 is 1.68 bits per heavy atom. The maximum absolute atomic E-state index is 13.3. The summed E-state index contributed by atoms with van der Waals surface area (Å²) in [6, 6.07) is 25.4. The fourth-order valence-electron chi connectivity index (χ4n) is 4.22. The van der Waals surface area contributed by atoms with Crippen molar-refractivity contribution in [3.63, 3.8) is 0 Å². The molecule has 0 amide bonds. The van der Waals surface area contributed by atoms with Crippen molar-refractivity contribution in [3.05, 3.63) is 102 Å². The Balaban J connectivity index is 1.51. The van der Waals surface area contributed by atoms with Crippen LogP contribution in [0.5, 0.6) is 11.5 Å². The molecule has 0 bridgehead atoms. The molecule has 1 aromatic heterocycles. The number of nitrogens with zero attached hydrogens (tertiary/aromatic N) is 2. The topological polar surface area (TPSA) is 72.9 Å². The van der Waals surface area contributed by atoms with Crippen molar-refractivity contribution >= 4 is 17.5 Å². The Labute approximate surface area is 229 Å². The Kier molecular flexibility index (Phi) is 7.50. The van der Waals surface area contributed by atoms with Gasteiger partial charge in [0.15, 0.2) is 12.0 Å². The van der Waals surface area contributed by atoms with Gasteiger partial charge >= 0.3 is 12.1 Å². The van der Waals surface area contributed by atoms with Crippen molar-refractivity contribution in [1.29, 1.82) is 0 Å². The maximum Gasteiger partial charge on any atom is 0.493 e. The largest absolute Gasteiger partial charge is 0.493 e. The SMILES string of the molecule is CC(C)Oc1cc(OCc2ccccc2)ccc1C1Nc2ncc(-c3ccccc3)cc2N1OC(=O)C(F)(F)F. The van der Waals surface area contributed by atoms with Crippen LogP contribution in [0.4, 0.5) is 24.7 Å². The van der Waals surface area contributed by atoms with Gasteiger partial charge in [0, 0.05) is 23.4 Å². The molecule has 5 rings (SSSR count). The van der Waals surface area contributed by atoms with Gasteiger partial charge in [-0.25, -0.2) is 9.78 Å². The van der Waals surface area contributed by atoms with Crippen LogP contribution in [0.25, 0.3) is 11.1 Å². The van der Waals surface area contributed by atoms with Crippen molar-refractivity contribution in [2.45, 2.75) is 38.9 Å². The van der Waals surface area contributed by atoms with Gasteiger partial charge in [0.1, 0.15) is 23.8 Å². The Bertz CT molecular complexity index is 1480. The van der Waals surface area contributed by atoms with Crippen LogP contribution in [0.1, 0.15) is 31.1 Å². The predicted molar refractivity (Wildman–Crippen MR) is 144 cm³/mol. The molecule has 1 atom stereocenters. The molecule has 3 aromatic carbocycles. The van der Waals surface area contributed by atoms with Gasteiger partial charge in [0.05, 0.1) is 6.10 Å². The first-order chi connectivity index (χ1) is 19.2. The van der Waals surface area contributed by atoms with Crippen LogP contribution in [0.2, 0.25) is 0 Å². The number of fused-ring (bicyclic) bond motifs is 1. The number of carbonyl (C=O) groups excluding carboxylic acids is 1. The quantitative estimate of drug-likeness (QED) is 0.252. The molecule has 1 aliphatic rings. The second-order valence-corrected chi connectivity index (χ2v) is 9.35. The Hall–Kier alpha value is -4.73.